The number of ether oxygens (including phenoxy) is 1. The number of fused-ring (bicyclic) bond motifs is 1. The fourth-order valence-corrected chi connectivity index (χ4v) is 3.65. The van der Waals surface area contributed by atoms with E-state index in [1.165, 1.54) is 11.3 Å². The van der Waals surface area contributed by atoms with E-state index in [9.17, 15) is 4.79 Å². The molecule has 1 heterocycles. The predicted molar refractivity (Wildman–Crippen MR) is 102 cm³/mol. The number of hydrogen-bond acceptors (Lipinski definition) is 4. The molecule has 1 aromatic heterocycles. The molecule has 24 heavy (non-hydrogen) atoms. The van der Waals surface area contributed by atoms with Gasteiger partial charge in [-0.1, -0.05) is 38.9 Å². The van der Waals surface area contributed by atoms with Gasteiger partial charge in [0.1, 0.15) is 5.75 Å². The van der Waals surface area contributed by atoms with Gasteiger partial charge in [0.15, 0.2) is 5.13 Å². The largest absolute Gasteiger partial charge is 0.490 e. The van der Waals surface area contributed by atoms with Gasteiger partial charge in [0.25, 0.3) is 5.91 Å². The Bertz CT molecular complexity index is 911. The van der Waals surface area contributed by atoms with Crippen molar-refractivity contribution in [3.8, 4) is 5.75 Å². The first kappa shape index (κ1) is 17.2. The van der Waals surface area contributed by atoms with Crippen LogP contribution < -0.4 is 10.1 Å². The highest BCUT2D eigenvalue weighted by atomic mass is 79.9. The Morgan fingerprint density at radius 3 is 2.83 bits per heavy atom. The number of anilines is 1. The summed E-state index contributed by atoms with van der Waals surface area (Å²) in [6, 6.07) is 10.8. The summed E-state index contributed by atoms with van der Waals surface area (Å²) in [5.41, 5.74) is 1.25. The van der Waals surface area contributed by atoms with Crippen molar-refractivity contribution in [3.63, 3.8) is 0 Å². The number of nitrogens with one attached hydrogen (secondary N) is 1. The smallest absolute Gasteiger partial charge is 0.261 e. The fraction of sp³-hybridized carbons (Fsp3) is 0.176. The summed E-state index contributed by atoms with van der Waals surface area (Å²) >= 11 is 10.8. The molecule has 0 aliphatic heterocycles. The number of rotatable bonds is 4. The van der Waals surface area contributed by atoms with Crippen LogP contribution in [-0.4, -0.2) is 17.0 Å². The van der Waals surface area contributed by atoms with Gasteiger partial charge in [-0.2, -0.15) is 0 Å². The summed E-state index contributed by atoms with van der Waals surface area (Å²) in [4.78, 5) is 17.0. The molecule has 1 N–H and O–H groups in total. The van der Waals surface area contributed by atoms with E-state index in [0.29, 0.717) is 21.5 Å². The van der Waals surface area contributed by atoms with Crippen LogP contribution in [0.15, 0.2) is 40.9 Å². The normalized spacial score (nSPS) is 11.0. The lowest BCUT2D eigenvalue weighted by atomic mass is 10.2. The van der Waals surface area contributed by atoms with Crippen molar-refractivity contribution in [2.24, 2.45) is 0 Å². The number of halogens is 2. The zero-order valence-corrected chi connectivity index (χ0v) is 16.1. The minimum absolute atomic E-state index is 0.0256. The van der Waals surface area contributed by atoms with Crippen molar-refractivity contribution in [1.29, 1.82) is 0 Å². The zero-order valence-electron chi connectivity index (χ0n) is 13.0. The third kappa shape index (κ3) is 3.88. The molecular formula is C17H14BrClN2O2S. The quantitative estimate of drug-likeness (QED) is 0.579. The average molecular weight is 426 g/mol. The molecule has 124 valence electrons. The summed E-state index contributed by atoms with van der Waals surface area (Å²) in [5.74, 6) is 0.270. The van der Waals surface area contributed by atoms with Crippen LogP contribution >= 0.6 is 38.9 Å². The van der Waals surface area contributed by atoms with Crippen LogP contribution in [0.25, 0.3) is 10.2 Å². The van der Waals surface area contributed by atoms with E-state index in [0.717, 1.165) is 14.7 Å². The van der Waals surface area contributed by atoms with E-state index in [1.807, 2.05) is 32.0 Å². The van der Waals surface area contributed by atoms with E-state index >= 15 is 0 Å². The second-order valence-electron chi connectivity index (χ2n) is 5.39. The first-order valence-electron chi connectivity index (χ1n) is 7.26. The molecule has 4 nitrogen and oxygen atoms in total. The molecule has 0 spiro atoms. The van der Waals surface area contributed by atoms with Crippen LogP contribution in [0.4, 0.5) is 5.13 Å². The maximum absolute atomic E-state index is 12.6. The molecule has 0 aliphatic carbocycles. The van der Waals surface area contributed by atoms with Crippen LogP contribution in [0.1, 0.15) is 24.2 Å². The summed E-state index contributed by atoms with van der Waals surface area (Å²) in [6.45, 7) is 3.84. The van der Waals surface area contributed by atoms with E-state index < -0.39 is 0 Å². The molecule has 0 unspecified atom stereocenters. The number of carbonyl (C=O) groups is 1. The van der Waals surface area contributed by atoms with E-state index in [-0.39, 0.29) is 12.0 Å². The Kier molecular flexibility index (Phi) is 5.08. The number of thiazole rings is 1. The lowest BCUT2D eigenvalue weighted by Crippen LogP contribution is -2.15. The first-order valence-corrected chi connectivity index (χ1v) is 9.25. The topological polar surface area (TPSA) is 51.2 Å². The Morgan fingerprint density at radius 2 is 2.08 bits per heavy atom. The molecule has 0 atom stereocenters. The summed E-state index contributed by atoms with van der Waals surface area (Å²) < 4.78 is 7.45. The highest BCUT2D eigenvalue weighted by molar-refractivity contribution is 9.10. The molecule has 0 aliphatic rings. The van der Waals surface area contributed by atoms with Crippen molar-refractivity contribution in [2.45, 2.75) is 20.0 Å². The summed E-state index contributed by atoms with van der Waals surface area (Å²) in [5, 5.41) is 4.00. The minimum Gasteiger partial charge on any atom is -0.490 e. The van der Waals surface area contributed by atoms with Gasteiger partial charge in [0.2, 0.25) is 0 Å². The molecule has 0 saturated carbocycles. The third-order valence-corrected chi connectivity index (χ3v) is 4.78. The highest BCUT2D eigenvalue weighted by Gasteiger charge is 2.16. The van der Waals surface area contributed by atoms with E-state index in [1.54, 1.807) is 18.2 Å². The lowest BCUT2D eigenvalue weighted by molar-refractivity contribution is 0.102. The second-order valence-corrected chi connectivity index (χ2v) is 7.78. The van der Waals surface area contributed by atoms with Crippen molar-refractivity contribution in [3.05, 3.63) is 51.5 Å². The zero-order chi connectivity index (χ0) is 17.3. The van der Waals surface area contributed by atoms with Crippen LogP contribution in [0, 0.1) is 0 Å². The third-order valence-electron chi connectivity index (χ3n) is 3.12. The summed E-state index contributed by atoms with van der Waals surface area (Å²) in [7, 11) is 0. The van der Waals surface area contributed by atoms with Gasteiger partial charge in [-0.3, -0.25) is 10.1 Å². The van der Waals surface area contributed by atoms with Gasteiger partial charge in [0.05, 0.1) is 21.9 Å². The Hall–Kier alpha value is -1.63. The SMILES string of the molecule is CC(C)Oc1ccc(Br)cc1C(=O)Nc1nc2ccc(Cl)cc2s1. The van der Waals surface area contributed by atoms with Gasteiger partial charge in [-0.25, -0.2) is 4.98 Å². The van der Waals surface area contributed by atoms with Crippen LogP contribution in [-0.2, 0) is 0 Å². The molecule has 0 fully saturated rings. The van der Waals surface area contributed by atoms with Crippen LogP contribution in [0.3, 0.4) is 0 Å². The van der Waals surface area contributed by atoms with Gasteiger partial charge >= 0.3 is 0 Å². The maximum Gasteiger partial charge on any atom is 0.261 e. The molecule has 3 rings (SSSR count). The molecule has 3 aromatic rings. The summed E-state index contributed by atoms with van der Waals surface area (Å²) in [6.07, 6.45) is -0.0256. The number of benzene rings is 2. The highest BCUT2D eigenvalue weighted by Crippen LogP contribution is 2.30. The molecule has 7 heteroatoms. The first-order chi connectivity index (χ1) is 11.4. The number of carbonyl (C=O) groups excluding carboxylic acids is 1. The van der Waals surface area contributed by atoms with Gasteiger partial charge in [-0.15, -0.1) is 0 Å². The van der Waals surface area contributed by atoms with E-state index in [2.05, 4.69) is 26.2 Å². The van der Waals surface area contributed by atoms with Gasteiger partial charge in [0, 0.05) is 9.50 Å². The predicted octanol–water partition coefficient (Wildman–Crippen LogP) is 5.75. The number of nitrogens with zero attached hydrogens (tertiary/aromatic N) is 1. The fourth-order valence-electron chi connectivity index (χ4n) is 2.15. The molecule has 2 aromatic carbocycles. The molecular weight excluding hydrogens is 412 g/mol. The second kappa shape index (κ2) is 7.09. The maximum atomic E-state index is 12.6. The van der Waals surface area contributed by atoms with Crippen LogP contribution in [0.5, 0.6) is 5.75 Å². The number of amides is 1. The van der Waals surface area contributed by atoms with Gasteiger partial charge in [-0.05, 0) is 50.2 Å². The van der Waals surface area contributed by atoms with Crippen molar-refractivity contribution in [1.82, 2.24) is 4.98 Å². The van der Waals surface area contributed by atoms with E-state index in [4.69, 9.17) is 16.3 Å². The lowest BCUT2D eigenvalue weighted by Gasteiger charge is -2.14. The molecule has 0 saturated heterocycles. The van der Waals surface area contributed by atoms with Crippen LogP contribution in [0.2, 0.25) is 5.02 Å². The molecule has 0 radical (unpaired) electrons. The molecule has 0 bridgehead atoms. The average Bonchev–Trinajstić information content (AvgIpc) is 2.89. The van der Waals surface area contributed by atoms with Crippen molar-refractivity contribution >= 4 is 60.1 Å². The minimum atomic E-state index is -0.267. The molecule has 1 amide bonds. The van der Waals surface area contributed by atoms with Gasteiger partial charge < -0.3 is 4.74 Å². The monoisotopic (exact) mass is 424 g/mol. The van der Waals surface area contributed by atoms with Crippen molar-refractivity contribution < 1.29 is 9.53 Å². The Balaban J connectivity index is 1.89. The Labute approximate surface area is 156 Å². The van der Waals surface area contributed by atoms with Crippen molar-refractivity contribution in [2.75, 3.05) is 5.32 Å². The standard InChI is InChI=1S/C17H14BrClN2O2S/c1-9(2)23-14-6-3-10(18)7-12(14)16(22)21-17-20-13-5-4-11(19)8-15(13)24-17/h3-9H,1-2H3,(H,20,21,22). The number of aromatic nitrogens is 1. The Morgan fingerprint density at radius 1 is 1.29 bits per heavy atom. The number of hydrogen-bond donors (Lipinski definition) is 1.